The van der Waals surface area contributed by atoms with Gasteiger partial charge in [0, 0.05) is 7.05 Å². The molecule has 1 aliphatic rings. The molecule has 0 fully saturated rings. The van der Waals surface area contributed by atoms with E-state index < -0.39 is 0 Å². The van der Waals surface area contributed by atoms with Crippen molar-refractivity contribution in [3.05, 3.63) is 33.7 Å². The molecule has 3 rings (SSSR count). The lowest BCUT2D eigenvalue weighted by Crippen LogP contribution is -2.16. The first-order valence-electron chi connectivity index (χ1n) is 5.67. The first-order chi connectivity index (χ1) is 7.75. The highest BCUT2D eigenvalue weighted by Crippen LogP contribution is 2.19. The van der Waals surface area contributed by atoms with Gasteiger partial charge in [0.2, 0.25) is 0 Å². The van der Waals surface area contributed by atoms with E-state index in [9.17, 15) is 4.79 Å². The lowest BCUT2D eigenvalue weighted by Gasteiger charge is -2.05. The third-order valence-corrected chi connectivity index (χ3v) is 3.37. The number of hydrogen-bond acceptors (Lipinski definition) is 2. The topological polar surface area (TPSA) is 49.8 Å². The number of aromatic amines is 1. The quantitative estimate of drug-likeness (QED) is 0.677. The number of nitrogens with zero attached hydrogens (tertiary/aromatic N) is 1. The van der Waals surface area contributed by atoms with Gasteiger partial charge in [0.25, 0.3) is 0 Å². The second kappa shape index (κ2) is 3.49. The Morgan fingerprint density at radius 1 is 1.19 bits per heavy atom. The minimum Gasteiger partial charge on any atom is -0.316 e. The largest absolute Gasteiger partial charge is 0.326 e. The molecule has 4 heteroatoms. The molecule has 0 amide bonds. The van der Waals surface area contributed by atoms with E-state index in [1.807, 2.05) is 7.05 Å². The van der Waals surface area contributed by atoms with Gasteiger partial charge in [-0.2, -0.15) is 0 Å². The third kappa shape index (κ3) is 1.38. The van der Waals surface area contributed by atoms with Gasteiger partial charge in [0.15, 0.2) is 0 Å². The maximum atomic E-state index is 11.5. The SMILES string of the molecule is Cn1c(=O)[nH]c2cc3c(cc21)CCNCC3. The van der Waals surface area contributed by atoms with E-state index >= 15 is 0 Å². The summed E-state index contributed by atoms with van der Waals surface area (Å²) in [5.74, 6) is 0. The van der Waals surface area contributed by atoms with Crippen LogP contribution in [0, 0.1) is 0 Å². The van der Waals surface area contributed by atoms with Crippen molar-refractivity contribution >= 4 is 11.0 Å². The second-order valence-electron chi connectivity index (χ2n) is 4.38. The summed E-state index contributed by atoms with van der Waals surface area (Å²) in [5.41, 5.74) is 4.65. The van der Waals surface area contributed by atoms with Crippen LogP contribution in [0.3, 0.4) is 0 Å². The van der Waals surface area contributed by atoms with E-state index in [1.165, 1.54) is 11.1 Å². The Labute approximate surface area is 93.3 Å². The van der Waals surface area contributed by atoms with Crippen molar-refractivity contribution in [2.24, 2.45) is 7.05 Å². The van der Waals surface area contributed by atoms with Crippen molar-refractivity contribution in [2.75, 3.05) is 13.1 Å². The molecule has 16 heavy (non-hydrogen) atoms. The fraction of sp³-hybridized carbons (Fsp3) is 0.417. The minimum atomic E-state index is -0.0340. The van der Waals surface area contributed by atoms with Crippen molar-refractivity contribution in [3.63, 3.8) is 0 Å². The summed E-state index contributed by atoms with van der Waals surface area (Å²) in [5, 5.41) is 3.39. The molecule has 1 aromatic carbocycles. The summed E-state index contributed by atoms with van der Waals surface area (Å²) >= 11 is 0. The molecule has 0 spiro atoms. The van der Waals surface area contributed by atoms with Crippen LogP contribution in [0.5, 0.6) is 0 Å². The molecule has 2 N–H and O–H groups in total. The molecule has 1 aliphatic heterocycles. The lowest BCUT2D eigenvalue weighted by atomic mass is 10.0. The molecular formula is C12H15N3O. The van der Waals surface area contributed by atoms with Crippen molar-refractivity contribution in [2.45, 2.75) is 12.8 Å². The molecule has 2 aromatic rings. The van der Waals surface area contributed by atoms with Gasteiger partial charge >= 0.3 is 5.69 Å². The highest BCUT2D eigenvalue weighted by Gasteiger charge is 2.11. The number of aromatic nitrogens is 2. The van der Waals surface area contributed by atoms with Crippen LogP contribution in [-0.4, -0.2) is 22.6 Å². The molecule has 0 saturated carbocycles. The standard InChI is InChI=1S/C12H15N3O/c1-15-11-7-9-3-5-13-4-2-8(9)6-10(11)14-12(15)16/h6-7,13H,2-5H2,1H3,(H,14,16). The highest BCUT2D eigenvalue weighted by molar-refractivity contribution is 5.77. The molecule has 2 heterocycles. The van der Waals surface area contributed by atoms with Crippen molar-refractivity contribution in [3.8, 4) is 0 Å². The Balaban J connectivity index is 2.28. The monoisotopic (exact) mass is 217 g/mol. The van der Waals surface area contributed by atoms with E-state index in [1.54, 1.807) is 4.57 Å². The Morgan fingerprint density at radius 3 is 2.62 bits per heavy atom. The third-order valence-electron chi connectivity index (χ3n) is 3.37. The van der Waals surface area contributed by atoms with Crippen LogP contribution in [0.25, 0.3) is 11.0 Å². The van der Waals surface area contributed by atoms with Gasteiger partial charge in [-0.3, -0.25) is 4.57 Å². The predicted molar refractivity (Wildman–Crippen MR) is 63.8 cm³/mol. The number of benzene rings is 1. The number of nitrogens with one attached hydrogen (secondary N) is 2. The summed E-state index contributed by atoms with van der Waals surface area (Å²) in [6.07, 6.45) is 2.09. The zero-order valence-electron chi connectivity index (χ0n) is 9.34. The number of fused-ring (bicyclic) bond motifs is 2. The van der Waals surface area contributed by atoms with E-state index in [4.69, 9.17) is 0 Å². The fourth-order valence-corrected chi connectivity index (χ4v) is 2.40. The normalized spacial score (nSPS) is 16.1. The van der Waals surface area contributed by atoms with Gasteiger partial charge in [0.1, 0.15) is 0 Å². The van der Waals surface area contributed by atoms with Gasteiger partial charge in [0.05, 0.1) is 11.0 Å². The maximum absolute atomic E-state index is 11.5. The van der Waals surface area contributed by atoms with Crippen molar-refractivity contribution in [1.29, 1.82) is 0 Å². The lowest BCUT2D eigenvalue weighted by molar-refractivity contribution is 0.711. The molecule has 0 bridgehead atoms. The van der Waals surface area contributed by atoms with Gasteiger partial charge in [-0.1, -0.05) is 0 Å². The first-order valence-corrected chi connectivity index (χ1v) is 5.67. The Hall–Kier alpha value is -1.55. The first kappa shape index (κ1) is 9.66. The molecule has 0 saturated heterocycles. The summed E-state index contributed by atoms with van der Waals surface area (Å²) in [6.45, 7) is 2.05. The van der Waals surface area contributed by atoms with Gasteiger partial charge in [-0.25, -0.2) is 4.79 Å². The molecule has 0 aliphatic carbocycles. The van der Waals surface area contributed by atoms with Crippen LogP contribution >= 0.6 is 0 Å². The van der Waals surface area contributed by atoms with Gasteiger partial charge < -0.3 is 10.3 Å². The molecule has 0 atom stereocenters. The number of hydrogen-bond donors (Lipinski definition) is 2. The summed E-state index contributed by atoms with van der Waals surface area (Å²) in [6, 6.07) is 4.27. The molecule has 1 aromatic heterocycles. The Kier molecular flexibility index (Phi) is 2.11. The van der Waals surface area contributed by atoms with E-state index in [-0.39, 0.29) is 5.69 Å². The van der Waals surface area contributed by atoms with Crippen LogP contribution < -0.4 is 11.0 Å². The molecular weight excluding hydrogens is 202 g/mol. The van der Waals surface area contributed by atoms with Crippen LogP contribution in [-0.2, 0) is 19.9 Å². The van der Waals surface area contributed by atoms with Gasteiger partial charge in [-0.05, 0) is 49.2 Å². The maximum Gasteiger partial charge on any atom is 0.326 e. The van der Waals surface area contributed by atoms with E-state index in [0.29, 0.717) is 0 Å². The fourth-order valence-electron chi connectivity index (χ4n) is 2.40. The Bertz CT molecular complexity index is 594. The molecule has 4 nitrogen and oxygen atoms in total. The molecule has 84 valence electrons. The van der Waals surface area contributed by atoms with Crippen molar-refractivity contribution < 1.29 is 0 Å². The zero-order valence-corrected chi connectivity index (χ0v) is 9.34. The predicted octanol–water partition coefficient (Wildman–Crippen LogP) is 0.555. The van der Waals surface area contributed by atoms with Crippen molar-refractivity contribution in [1.82, 2.24) is 14.9 Å². The highest BCUT2D eigenvalue weighted by atomic mass is 16.1. The van der Waals surface area contributed by atoms with E-state index in [0.717, 1.165) is 37.0 Å². The zero-order chi connectivity index (χ0) is 11.1. The molecule has 0 unspecified atom stereocenters. The smallest absolute Gasteiger partial charge is 0.316 e. The number of imidazole rings is 1. The second-order valence-corrected chi connectivity index (χ2v) is 4.38. The average molecular weight is 217 g/mol. The van der Waals surface area contributed by atoms with E-state index in [2.05, 4.69) is 22.4 Å². The minimum absolute atomic E-state index is 0.0340. The summed E-state index contributed by atoms with van der Waals surface area (Å²) in [4.78, 5) is 14.4. The summed E-state index contributed by atoms with van der Waals surface area (Å²) in [7, 11) is 1.81. The summed E-state index contributed by atoms with van der Waals surface area (Å²) < 4.78 is 1.67. The van der Waals surface area contributed by atoms with Crippen LogP contribution in [0.15, 0.2) is 16.9 Å². The van der Waals surface area contributed by atoms with Crippen LogP contribution in [0.1, 0.15) is 11.1 Å². The van der Waals surface area contributed by atoms with Gasteiger partial charge in [-0.15, -0.1) is 0 Å². The van der Waals surface area contributed by atoms with Crippen LogP contribution in [0.4, 0.5) is 0 Å². The number of H-pyrrole nitrogens is 1. The Morgan fingerprint density at radius 2 is 1.88 bits per heavy atom. The average Bonchev–Trinajstić information content (AvgIpc) is 2.48. The molecule has 0 radical (unpaired) electrons. The van der Waals surface area contributed by atoms with Crippen LogP contribution in [0.2, 0.25) is 0 Å². The number of aryl methyl sites for hydroxylation is 1. The number of rotatable bonds is 0.